The molecule has 0 saturated carbocycles. The fraction of sp³-hybridized carbons (Fsp3) is 0.357. The second-order valence-corrected chi connectivity index (χ2v) is 7.04. The molecule has 0 aliphatic rings. The minimum atomic E-state index is -4.50. The average Bonchev–Trinajstić information content (AvgIpc) is 2.98. The van der Waals surface area contributed by atoms with Crippen LogP contribution >= 0.6 is 27.7 Å². The number of aryl methyl sites for hydroxylation is 1. The molecule has 0 atom stereocenters. The van der Waals surface area contributed by atoms with Crippen LogP contribution in [0, 0.1) is 0 Å². The molecule has 0 saturated heterocycles. The summed E-state index contributed by atoms with van der Waals surface area (Å²) in [6.45, 7) is 2.02. The Balaban J connectivity index is 2.21. The first kappa shape index (κ1) is 17.3. The Morgan fingerprint density at radius 3 is 2.54 bits per heavy atom. The molecule has 3 aromatic rings. The van der Waals surface area contributed by atoms with E-state index in [1.807, 2.05) is 18.5 Å². The van der Waals surface area contributed by atoms with Crippen molar-refractivity contribution in [1.29, 1.82) is 0 Å². The van der Waals surface area contributed by atoms with Crippen LogP contribution in [0.2, 0.25) is 0 Å². The molecule has 0 spiro atoms. The van der Waals surface area contributed by atoms with Crippen LogP contribution in [0.1, 0.15) is 12.6 Å². The van der Waals surface area contributed by atoms with Gasteiger partial charge >= 0.3 is 6.18 Å². The molecule has 0 fully saturated rings. The molecule has 0 unspecified atom stereocenters. The zero-order chi connectivity index (χ0) is 17.6. The summed E-state index contributed by atoms with van der Waals surface area (Å²) in [6, 6.07) is 0.962. The number of aromatic nitrogens is 5. The summed E-state index contributed by atoms with van der Waals surface area (Å²) in [7, 11) is 3.60. The van der Waals surface area contributed by atoms with Crippen LogP contribution in [0.4, 0.5) is 13.2 Å². The largest absolute Gasteiger partial charge is 0.433 e. The van der Waals surface area contributed by atoms with E-state index < -0.39 is 11.9 Å². The van der Waals surface area contributed by atoms with E-state index in [1.54, 1.807) is 23.4 Å². The van der Waals surface area contributed by atoms with Gasteiger partial charge in [0.1, 0.15) is 16.4 Å². The Bertz CT molecular complexity index is 915. The van der Waals surface area contributed by atoms with E-state index in [-0.39, 0.29) is 5.52 Å². The second-order valence-electron chi connectivity index (χ2n) is 5.08. The maximum atomic E-state index is 12.8. The van der Waals surface area contributed by atoms with E-state index in [0.717, 1.165) is 16.8 Å². The van der Waals surface area contributed by atoms with E-state index in [0.29, 0.717) is 21.8 Å². The third-order valence-electron chi connectivity index (χ3n) is 3.54. The summed E-state index contributed by atoms with van der Waals surface area (Å²) in [4.78, 5) is 12.3. The van der Waals surface area contributed by atoms with Gasteiger partial charge in [-0.2, -0.15) is 13.2 Å². The molecule has 5 nitrogen and oxygen atoms in total. The van der Waals surface area contributed by atoms with Gasteiger partial charge in [0.05, 0.1) is 17.2 Å². The highest BCUT2D eigenvalue weighted by Crippen LogP contribution is 2.35. The molecule has 10 heteroatoms. The van der Waals surface area contributed by atoms with Gasteiger partial charge in [0.25, 0.3) is 0 Å². The summed E-state index contributed by atoms with van der Waals surface area (Å²) in [5, 5.41) is 0.895. The predicted molar refractivity (Wildman–Crippen MR) is 89.8 cm³/mol. The molecule has 0 bridgehead atoms. The zero-order valence-corrected chi connectivity index (χ0v) is 15.4. The van der Waals surface area contributed by atoms with Crippen molar-refractivity contribution in [1.82, 2.24) is 24.1 Å². The fourth-order valence-electron chi connectivity index (χ4n) is 2.36. The molecule has 0 radical (unpaired) electrons. The van der Waals surface area contributed by atoms with Crippen LogP contribution in [0.5, 0.6) is 0 Å². The first-order valence-corrected chi connectivity index (χ1v) is 8.77. The van der Waals surface area contributed by atoms with E-state index in [1.165, 1.54) is 6.20 Å². The third-order valence-corrected chi connectivity index (χ3v) is 5.28. The Morgan fingerprint density at radius 1 is 1.21 bits per heavy atom. The van der Waals surface area contributed by atoms with E-state index >= 15 is 0 Å². The molecule has 0 amide bonds. The van der Waals surface area contributed by atoms with Crippen LogP contribution in [0.15, 0.2) is 22.0 Å². The Morgan fingerprint density at radius 2 is 1.92 bits per heavy atom. The summed E-state index contributed by atoms with van der Waals surface area (Å²) >= 11 is 4.97. The lowest BCUT2D eigenvalue weighted by atomic mass is 10.3. The molecular weight excluding hydrogens is 407 g/mol. The lowest BCUT2D eigenvalue weighted by molar-refractivity contribution is -0.141. The monoisotopic (exact) mass is 419 g/mol. The number of pyridine rings is 1. The van der Waals surface area contributed by atoms with E-state index in [4.69, 9.17) is 0 Å². The SMILES string of the molecule is CCSc1c(-c2nc3cc(C(F)(F)F)ncc3n2C)nc(Br)n1C. The van der Waals surface area contributed by atoms with E-state index in [2.05, 4.69) is 30.9 Å². The quantitative estimate of drug-likeness (QED) is 0.595. The van der Waals surface area contributed by atoms with Gasteiger partial charge in [0.15, 0.2) is 10.6 Å². The third kappa shape index (κ3) is 2.81. The van der Waals surface area contributed by atoms with Gasteiger partial charge in [-0.15, -0.1) is 11.8 Å². The van der Waals surface area contributed by atoms with E-state index in [9.17, 15) is 13.2 Å². The number of hydrogen-bond acceptors (Lipinski definition) is 4. The zero-order valence-electron chi connectivity index (χ0n) is 13.0. The molecule has 24 heavy (non-hydrogen) atoms. The van der Waals surface area contributed by atoms with Crippen molar-refractivity contribution >= 4 is 38.7 Å². The average molecular weight is 420 g/mol. The molecule has 0 aliphatic heterocycles. The number of imidazole rings is 2. The predicted octanol–water partition coefficient (Wildman–Crippen LogP) is 4.26. The number of rotatable bonds is 3. The maximum Gasteiger partial charge on any atom is 0.433 e. The van der Waals surface area contributed by atoms with Crippen molar-refractivity contribution in [2.45, 2.75) is 18.1 Å². The van der Waals surface area contributed by atoms with Gasteiger partial charge in [-0.25, -0.2) is 15.0 Å². The topological polar surface area (TPSA) is 48.5 Å². The van der Waals surface area contributed by atoms with Crippen LogP contribution < -0.4 is 0 Å². The number of hydrogen-bond donors (Lipinski definition) is 0. The molecule has 0 aromatic carbocycles. The summed E-state index contributed by atoms with van der Waals surface area (Å²) in [5.74, 6) is 1.34. The van der Waals surface area contributed by atoms with Crippen LogP contribution in [-0.4, -0.2) is 29.8 Å². The standard InChI is InChI=1S/C14H13BrF3N5S/c1-4-24-12-10(21-13(15)23(12)3)11-20-7-5-9(14(16,17)18)19-6-8(7)22(11)2/h5-6H,4H2,1-3H3. The van der Waals surface area contributed by atoms with Crippen molar-refractivity contribution < 1.29 is 13.2 Å². The highest BCUT2D eigenvalue weighted by molar-refractivity contribution is 9.10. The van der Waals surface area contributed by atoms with Crippen molar-refractivity contribution in [3.05, 3.63) is 22.7 Å². The lowest BCUT2D eigenvalue weighted by Gasteiger charge is -2.05. The van der Waals surface area contributed by atoms with Crippen molar-refractivity contribution in [2.24, 2.45) is 14.1 Å². The molecule has 3 aromatic heterocycles. The normalized spacial score (nSPS) is 12.3. The lowest BCUT2D eigenvalue weighted by Crippen LogP contribution is -2.07. The van der Waals surface area contributed by atoms with Crippen LogP contribution in [0.25, 0.3) is 22.6 Å². The maximum absolute atomic E-state index is 12.8. The molecule has 3 heterocycles. The van der Waals surface area contributed by atoms with Crippen molar-refractivity contribution in [3.63, 3.8) is 0 Å². The number of fused-ring (bicyclic) bond motifs is 1. The number of alkyl halides is 3. The highest BCUT2D eigenvalue weighted by atomic mass is 79.9. The molecular formula is C14H13BrF3N5S. The summed E-state index contributed by atoms with van der Waals surface area (Å²) in [5.41, 5.74) is 0.435. The molecule has 0 aliphatic carbocycles. The fourth-order valence-corrected chi connectivity index (χ4v) is 3.66. The molecule has 0 N–H and O–H groups in total. The van der Waals surface area contributed by atoms with Crippen LogP contribution in [-0.2, 0) is 20.3 Å². The smallest absolute Gasteiger partial charge is 0.324 e. The Hall–Kier alpha value is -1.55. The Labute approximate surface area is 148 Å². The van der Waals surface area contributed by atoms with Gasteiger partial charge in [-0.3, -0.25) is 0 Å². The minimum absolute atomic E-state index is 0.240. The molecule has 128 valence electrons. The van der Waals surface area contributed by atoms with Gasteiger partial charge in [-0.1, -0.05) is 6.92 Å². The van der Waals surface area contributed by atoms with Crippen molar-refractivity contribution in [2.75, 3.05) is 5.75 Å². The van der Waals surface area contributed by atoms with Crippen molar-refractivity contribution in [3.8, 4) is 11.5 Å². The Kier molecular flexibility index (Phi) is 4.37. The number of halogens is 4. The minimum Gasteiger partial charge on any atom is -0.324 e. The highest BCUT2D eigenvalue weighted by Gasteiger charge is 2.33. The number of thioether (sulfide) groups is 1. The van der Waals surface area contributed by atoms with Gasteiger partial charge in [-0.05, 0) is 27.7 Å². The number of nitrogens with zero attached hydrogens (tertiary/aromatic N) is 5. The van der Waals surface area contributed by atoms with Crippen LogP contribution in [0.3, 0.4) is 0 Å². The second kappa shape index (κ2) is 6.07. The van der Waals surface area contributed by atoms with Gasteiger partial charge in [0, 0.05) is 14.1 Å². The summed E-state index contributed by atoms with van der Waals surface area (Å²) < 4.78 is 42.8. The summed E-state index contributed by atoms with van der Waals surface area (Å²) in [6.07, 6.45) is -3.30. The first-order valence-electron chi connectivity index (χ1n) is 6.99. The molecule has 3 rings (SSSR count). The van der Waals surface area contributed by atoms with Gasteiger partial charge < -0.3 is 9.13 Å². The first-order chi connectivity index (χ1) is 11.2. The van der Waals surface area contributed by atoms with Gasteiger partial charge in [0.2, 0.25) is 0 Å².